The van der Waals surface area contributed by atoms with Gasteiger partial charge in [-0.15, -0.1) is 0 Å². The number of nitriles is 1. The first kappa shape index (κ1) is 14.9. The number of hydrogen-bond donors (Lipinski definition) is 0. The molecule has 0 aliphatic carbocycles. The van der Waals surface area contributed by atoms with Crippen molar-refractivity contribution in [2.75, 3.05) is 24.6 Å². The lowest BCUT2D eigenvalue weighted by atomic mass is 10.2. The summed E-state index contributed by atoms with van der Waals surface area (Å²) in [5, 5.41) is 9.02. The summed E-state index contributed by atoms with van der Waals surface area (Å²) in [7, 11) is 0. The molecule has 0 radical (unpaired) electrons. The standard InChI is InChI=1S/C16H18N4OS/c1-13-11-19(12-18-5-7-22-8-6-18)16(21)20(13)15-4-2-3-14(9-15)10-17/h2-4,9,11H,5-8,12H2,1H3. The number of hydrogen-bond acceptors (Lipinski definition) is 4. The van der Waals surface area contributed by atoms with Crippen LogP contribution in [0.2, 0.25) is 0 Å². The van der Waals surface area contributed by atoms with E-state index in [1.165, 1.54) is 0 Å². The van der Waals surface area contributed by atoms with E-state index in [1.54, 1.807) is 27.3 Å². The van der Waals surface area contributed by atoms with Crippen molar-refractivity contribution in [3.05, 3.63) is 52.2 Å². The van der Waals surface area contributed by atoms with Gasteiger partial charge < -0.3 is 0 Å². The fourth-order valence-electron chi connectivity index (χ4n) is 2.71. The van der Waals surface area contributed by atoms with Crippen molar-refractivity contribution in [2.45, 2.75) is 13.6 Å². The highest BCUT2D eigenvalue weighted by atomic mass is 32.2. The molecule has 1 aromatic heterocycles. The molecule has 0 unspecified atom stereocenters. The van der Waals surface area contributed by atoms with Gasteiger partial charge in [0.15, 0.2) is 0 Å². The van der Waals surface area contributed by atoms with Crippen molar-refractivity contribution in [1.29, 1.82) is 5.26 Å². The minimum Gasteiger partial charge on any atom is -0.285 e. The molecule has 3 rings (SSSR count). The zero-order valence-corrected chi connectivity index (χ0v) is 13.3. The molecule has 114 valence electrons. The van der Waals surface area contributed by atoms with Gasteiger partial charge in [-0.25, -0.2) is 4.79 Å². The van der Waals surface area contributed by atoms with Crippen molar-refractivity contribution in [1.82, 2.24) is 14.0 Å². The largest absolute Gasteiger partial charge is 0.334 e. The Labute approximate surface area is 133 Å². The van der Waals surface area contributed by atoms with E-state index >= 15 is 0 Å². The molecule has 1 fully saturated rings. The second kappa shape index (κ2) is 6.42. The van der Waals surface area contributed by atoms with E-state index in [2.05, 4.69) is 11.0 Å². The summed E-state index contributed by atoms with van der Waals surface area (Å²) in [4.78, 5) is 15.0. The molecule has 0 atom stereocenters. The van der Waals surface area contributed by atoms with Gasteiger partial charge in [0.05, 0.1) is 24.0 Å². The van der Waals surface area contributed by atoms with Crippen LogP contribution in [0, 0.1) is 18.3 Å². The molecule has 0 N–H and O–H groups in total. The first-order chi connectivity index (χ1) is 10.7. The van der Waals surface area contributed by atoms with Gasteiger partial charge in [-0.1, -0.05) is 6.07 Å². The maximum Gasteiger partial charge on any atom is 0.334 e. The quantitative estimate of drug-likeness (QED) is 0.867. The minimum absolute atomic E-state index is 0.0502. The number of imidazole rings is 1. The molecular formula is C16H18N4OS. The molecule has 22 heavy (non-hydrogen) atoms. The highest BCUT2D eigenvalue weighted by Gasteiger charge is 2.15. The van der Waals surface area contributed by atoms with Crippen LogP contribution in [0.3, 0.4) is 0 Å². The number of nitrogens with zero attached hydrogens (tertiary/aromatic N) is 4. The van der Waals surface area contributed by atoms with Crippen LogP contribution in [0.1, 0.15) is 11.3 Å². The predicted molar refractivity (Wildman–Crippen MR) is 88.4 cm³/mol. The molecule has 5 nitrogen and oxygen atoms in total. The van der Waals surface area contributed by atoms with Crippen molar-refractivity contribution >= 4 is 11.8 Å². The first-order valence-corrected chi connectivity index (χ1v) is 8.44. The van der Waals surface area contributed by atoms with Gasteiger partial charge in [0, 0.05) is 36.5 Å². The number of thioether (sulfide) groups is 1. The summed E-state index contributed by atoms with van der Waals surface area (Å²) in [6.07, 6.45) is 1.89. The first-order valence-electron chi connectivity index (χ1n) is 7.28. The topological polar surface area (TPSA) is 54.0 Å². The molecule has 1 aromatic carbocycles. The molecule has 0 bridgehead atoms. The summed E-state index contributed by atoms with van der Waals surface area (Å²) in [5.74, 6) is 2.25. The van der Waals surface area contributed by atoms with Gasteiger partial charge in [0.2, 0.25) is 0 Å². The molecule has 1 aliphatic rings. The third-order valence-electron chi connectivity index (χ3n) is 3.82. The molecule has 6 heteroatoms. The smallest absolute Gasteiger partial charge is 0.285 e. The minimum atomic E-state index is -0.0502. The highest BCUT2D eigenvalue weighted by molar-refractivity contribution is 7.99. The monoisotopic (exact) mass is 314 g/mol. The van der Waals surface area contributed by atoms with E-state index in [4.69, 9.17) is 5.26 Å². The van der Waals surface area contributed by atoms with Gasteiger partial charge in [-0.3, -0.25) is 14.0 Å². The van der Waals surface area contributed by atoms with Gasteiger partial charge in [0.25, 0.3) is 0 Å². The Kier molecular flexibility index (Phi) is 4.36. The Morgan fingerprint density at radius 3 is 2.82 bits per heavy atom. The third kappa shape index (κ3) is 2.96. The number of benzene rings is 1. The number of aryl methyl sites for hydroxylation is 1. The predicted octanol–water partition coefficient (Wildman–Crippen LogP) is 1.83. The van der Waals surface area contributed by atoms with Gasteiger partial charge >= 0.3 is 5.69 Å². The maximum absolute atomic E-state index is 12.7. The average Bonchev–Trinajstić information content (AvgIpc) is 2.82. The third-order valence-corrected chi connectivity index (χ3v) is 4.76. The Morgan fingerprint density at radius 2 is 2.09 bits per heavy atom. The maximum atomic E-state index is 12.7. The Morgan fingerprint density at radius 1 is 1.32 bits per heavy atom. The summed E-state index contributed by atoms with van der Waals surface area (Å²) < 4.78 is 3.42. The lowest BCUT2D eigenvalue weighted by Crippen LogP contribution is -2.37. The van der Waals surface area contributed by atoms with Gasteiger partial charge in [-0.2, -0.15) is 17.0 Å². The average molecular weight is 314 g/mol. The van der Waals surface area contributed by atoms with Crippen molar-refractivity contribution in [3.8, 4) is 11.8 Å². The van der Waals surface area contributed by atoms with Crippen molar-refractivity contribution in [3.63, 3.8) is 0 Å². The summed E-state index contributed by atoms with van der Waals surface area (Å²) in [6, 6.07) is 9.27. The fraction of sp³-hybridized carbons (Fsp3) is 0.375. The van der Waals surface area contributed by atoms with E-state index in [0.717, 1.165) is 36.0 Å². The lowest BCUT2D eigenvalue weighted by Gasteiger charge is -2.25. The fourth-order valence-corrected chi connectivity index (χ4v) is 3.68. The van der Waals surface area contributed by atoms with Crippen LogP contribution < -0.4 is 5.69 Å². The Bertz CT molecular complexity index is 765. The van der Waals surface area contributed by atoms with Crippen LogP contribution in [-0.2, 0) is 6.67 Å². The zero-order valence-electron chi connectivity index (χ0n) is 12.5. The summed E-state index contributed by atoms with van der Waals surface area (Å²) in [6.45, 7) is 4.59. The molecule has 2 aromatic rings. The molecule has 0 saturated carbocycles. The van der Waals surface area contributed by atoms with Crippen LogP contribution in [0.15, 0.2) is 35.3 Å². The summed E-state index contributed by atoms with van der Waals surface area (Å²) >= 11 is 1.96. The molecular weight excluding hydrogens is 296 g/mol. The van der Waals surface area contributed by atoms with Crippen LogP contribution in [-0.4, -0.2) is 38.6 Å². The van der Waals surface area contributed by atoms with E-state index < -0.39 is 0 Å². The molecule has 0 spiro atoms. The summed E-state index contributed by atoms with van der Waals surface area (Å²) in [5.41, 5.74) is 2.14. The van der Waals surface area contributed by atoms with Gasteiger partial charge in [-0.05, 0) is 25.1 Å². The van der Waals surface area contributed by atoms with E-state index in [0.29, 0.717) is 12.2 Å². The number of rotatable bonds is 3. The van der Waals surface area contributed by atoms with E-state index in [1.807, 2.05) is 30.9 Å². The Hall–Kier alpha value is -1.97. The Balaban J connectivity index is 1.92. The SMILES string of the molecule is Cc1cn(CN2CCSCC2)c(=O)n1-c1cccc(C#N)c1. The molecule has 1 aliphatic heterocycles. The lowest BCUT2D eigenvalue weighted by molar-refractivity contribution is 0.237. The second-order valence-corrected chi connectivity index (χ2v) is 6.62. The van der Waals surface area contributed by atoms with E-state index in [9.17, 15) is 4.79 Å². The van der Waals surface area contributed by atoms with Crippen LogP contribution in [0.4, 0.5) is 0 Å². The van der Waals surface area contributed by atoms with Crippen molar-refractivity contribution in [2.24, 2.45) is 0 Å². The molecule has 2 heterocycles. The van der Waals surface area contributed by atoms with Crippen LogP contribution in [0.25, 0.3) is 5.69 Å². The normalized spacial score (nSPS) is 15.6. The molecule has 1 saturated heterocycles. The zero-order chi connectivity index (χ0) is 15.5. The van der Waals surface area contributed by atoms with Crippen LogP contribution >= 0.6 is 11.8 Å². The van der Waals surface area contributed by atoms with Crippen LogP contribution in [0.5, 0.6) is 0 Å². The number of aromatic nitrogens is 2. The van der Waals surface area contributed by atoms with E-state index in [-0.39, 0.29) is 5.69 Å². The molecule has 0 amide bonds. The second-order valence-electron chi connectivity index (χ2n) is 5.39. The van der Waals surface area contributed by atoms with Gasteiger partial charge in [0.1, 0.15) is 0 Å². The van der Waals surface area contributed by atoms with Crippen molar-refractivity contribution < 1.29 is 0 Å². The highest BCUT2D eigenvalue weighted by Crippen LogP contribution is 2.13.